The van der Waals surface area contributed by atoms with E-state index in [1.54, 1.807) is 0 Å². The molecule has 4 nitrogen and oxygen atoms in total. The average Bonchev–Trinajstić information content (AvgIpc) is 2.44. The molecular weight excluding hydrogens is 215 g/mol. The lowest BCUT2D eigenvalue weighted by atomic mass is 10.2. The molecule has 0 aliphatic carbocycles. The first-order valence-corrected chi connectivity index (χ1v) is 4.00. The fraction of sp³-hybridized carbons (Fsp3) is 0.500. The molecule has 0 aromatic rings. The maximum absolute atomic E-state index is 12.1. The van der Waals surface area contributed by atoms with Crippen LogP contribution in [0.15, 0.2) is 12.2 Å². The first-order valence-electron chi connectivity index (χ1n) is 4.00. The van der Waals surface area contributed by atoms with Crippen LogP contribution in [0.5, 0.6) is 0 Å². The van der Waals surface area contributed by atoms with E-state index in [9.17, 15) is 22.8 Å². The van der Waals surface area contributed by atoms with E-state index in [2.05, 4.69) is 6.58 Å². The van der Waals surface area contributed by atoms with Crippen LogP contribution in [-0.2, 0) is 9.59 Å². The predicted molar refractivity (Wildman–Crippen MR) is 42.9 cm³/mol. The fourth-order valence-electron chi connectivity index (χ4n) is 1.40. The van der Waals surface area contributed by atoms with Crippen LogP contribution in [0.3, 0.4) is 0 Å². The molecule has 1 heterocycles. The zero-order chi connectivity index (χ0) is 11.8. The Morgan fingerprint density at radius 3 is 2.40 bits per heavy atom. The second kappa shape index (κ2) is 3.56. The third-order valence-corrected chi connectivity index (χ3v) is 2.04. The van der Waals surface area contributed by atoms with Crippen molar-refractivity contribution in [3.63, 3.8) is 0 Å². The average molecular weight is 223 g/mol. The number of nitrogens with zero attached hydrogens (tertiary/aromatic N) is 1. The van der Waals surface area contributed by atoms with Crippen molar-refractivity contribution in [3.8, 4) is 0 Å². The van der Waals surface area contributed by atoms with Crippen molar-refractivity contribution in [1.82, 2.24) is 4.90 Å². The number of rotatable bonds is 1. The maximum Gasteiger partial charge on any atom is 0.471 e. The van der Waals surface area contributed by atoms with E-state index in [4.69, 9.17) is 5.11 Å². The Morgan fingerprint density at radius 1 is 1.47 bits per heavy atom. The van der Waals surface area contributed by atoms with Crippen LogP contribution in [0.4, 0.5) is 13.2 Å². The number of hydrogen-bond acceptors (Lipinski definition) is 2. The van der Waals surface area contributed by atoms with Gasteiger partial charge in [0.25, 0.3) is 0 Å². The fourth-order valence-corrected chi connectivity index (χ4v) is 1.40. The lowest BCUT2D eigenvalue weighted by molar-refractivity contribution is -0.187. The topological polar surface area (TPSA) is 57.6 Å². The van der Waals surface area contributed by atoms with Gasteiger partial charge < -0.3 is 10.0 Å². The van der Waals surface area contributed by atoms with E-state index in [0.717, 1.165) is 0 Å². The molecule has 0 bridgehead atoms. The molecular formula is C8H8F3NO3. The van der Waals surface area contributed by atoms with Crippen molar-refractivity contribution in [2.75, 3.05) is 6.54 Å². The standard InChI is InChI=1S/C8H8F3NO3/c1-4-2-5(6(13)14)12(3-4)7(15)8(9,10)11/h5H,1-3H2,(H,13,14)/t5-/m0/s1. The normalized spacial score (nSPS) is 21.9. The number of carboxylic acids is 1. The number of hydrogen-bond donors (Lipinski definition) is 1. The highest BCUT2D eigenvalue weighted by atomic mass is 19.4. The molecule has 0 aromatic carbocycles. The van der Waals surface area contributed by atoms with Crippen LogP contribution < -0.4 is 0 Å². The van der Waals surface area contributed by atoms with Crippen molar-refractivity contribution < 1.29 is 27.9 Å². The number of halogens is 3. The predicted octanol–water partition coefficient (Wildman–Crippen LogP) is 0.790. The minimum Gasteiger partial charge on any atom is -0.480 e. The Hall–Kier alpha value is -1.53. The smallest absolute Gasteiger partial charge is 0.471 e. The number of alkyl halides is 3. The van der Waals surface area contributed by atoms with Crippen molar-refractivity contribution in [1.29, 1.82) is 0 Å². The second-order valence-electron chi connectivity index (χ2n) is 3.24. The van der Waals surface area contributed by atoms with Crippen LogP contribution in [0.2, 0.25) is 0 Å². The van der Waals surface area contributed by atoms with Gasteiger partial charge >= 0.3 is 18.1 Å². The molecule has 1 aliphatic rings. The van der Waals surface area contributed by atoms with Gasteiger partial charge in [0.1, 0.15) is 6.04 Å². The van der Waals surface area contributed by atoms with E-state index in [1.807, 2.05) is 0 Å². The first kappa shape index (κ1) is 11.5. The van der Waals surface area contributed by atoms with E-state index in [-0.39, 0.29) is 17.9 Å². The number of carbonyl (C=O) groups excluding carboxylic acids is 1. The molecule has 0 saturated carbocycles. The summed E-state index contributed by atoms with van der Waals surface area (Å²) in [6, 6.07) is -1.45. The summed E-state index contributed by atoms with van der Waals surface area (Å²) >= 11 is 0. The van der Waals surface area contributed by atoms with E-state index in [0.29, 0.717) is 5.57 Å². The van der Waals surface area contributed by atoms with E-state index in [1.165, 1.54) is 0 Å². The Kier molecular flexibility index (Phi) is 2.74. The third kappa shape index (κ3) is 2.28. The summed E-state index contributed by atoms with van der Waals surface area (Å²) in [5.41, 5.74) is 0.306. The number of aliphatic carboxylic acids is 1. The Morgan fingerprint density at radius 2 is 2.00 bits per heavy atom. The molecule has 84 valence electrons. The van der Waals surface area contributed by atoms with Gasteiger partial charge in [-0.15, -0.1) is 0 Å². The Bertz CT molecular complexity index is 324. The monoisotopic (exact) mass is 223 g/mol. The zero-order valence-electron chi connectivity index (χ0n) is 7.54. The minimum absolute atomic E-state index is 0.128. The van der Waals surface area contributed by atoms with Gasteiger partial charge in [-0.3, -0.25) is 4.79 Å². The van der Waals surface area contributed by atoms with Gasteiger partial charge in [-0.2, -0.15) is 13.2 Å². The highest BCUT2D eigenvalue weighted by Crippen LogP contribution is 2.27. The van der Waals surface area contributed by atoms with E-state index >= 15 is 0 Å². The summed E-state index contributed by atoms with van der Waals surface area (Å²) in [4.78, 5) is 21.7. The van der Waals surface area contributed by atoms with Crippen molar-refractivity contribution in [3.05, 3.63) is 12.2 Å². The highest BCUT2D eigenvalue weighted by Gasteiger charge is 2.48. The van der Waals surface area contributed by atoms with Gasteiger partial charge in [-0.05, 0) is 0 Å². The molecule has 1 atom stereocenters. The molecule has 7 heteroatoms. The van der Waals surface area contributed by atoms with Crippen molar-refractivity contribution in [2.24, 2.45) is 0 Å². The number of amides is 1. The summed E-state index contributed by atoms with van der Waals surface area (Å²) in [6.45, 7) is 3.03. The maximum atomic E-state index is 12.1. The number of carboxylic acid groups (broad SMARTS) is 1. The van der Waals surface area contributed by atoms with Gasteiger partial charge in [0.05, 0.1) is 0 Å². The van der Waals surface area contributed by atoms with Gasteiger partial charge in [0.15, 0.2) is 0 Å². The quantitative estimate of drug-likeness (QED) is 0.668. The highest BCUT2D eigenvalue weighted by molar-refractivity contribution is 5.88. The van der Waals surface area contributed by atoms with Gasteiger partial charge in [0, 0.05) is 13.0 Å². The van der Waals surface area contributed by atoms with Gasteiger partial charge in [0.2, 0.25) is 0 Å². The molecule has 15 heavy (non-hydrogen) atoms. The lowest BCUT2D eigenvalue weighted by Crippen LogP contribution is -2.46. The summed E-state index contributed by atoms with van der Waals surface area (Å²) in [6.07, 6.45) is -5.17. The molecule has 1 amide bonds. The van der Waals surface area contributed by atoms with E-state index < -0.39 is 24.1 Å². The van der Waals surface area contributed by atoms with Crippen LogP contribution in [0.1, 0.15) is 6.42 Å². The molecule has 1 rings (SSSR count). The SMILES string of the molecule is C=C1C[C@@H](C(=O)O)N(C(=O)C(F)(F)F)C1. The van der Waals surface area contributed by atoms with Crippen LogP contribution in [0, 0.1) is 0 Å². The largest absolute Gasteiger partial charge is 0.480 e. The minimum atomic E-state index is -5.04. The number of likely N-dealkylation sites (tertiary alicyclic amines) is 1. The van der Waals surface area contributed by atoms with Gasteiger partial charge in [-0.25, -0.2) is 4.79 Å². The van der Waals surface area contributed by atoms with Gasteiger partial charge in [-0.1, -0.05) is 12.2 Å². The molecule has 0 spiro atoms. The molecule has 0 radical (unpaired) electrons. The lowest BCUT2D eigenvalue weighted by Gasteiger charge is -2.21. The molecule has 0 unspecified atom stereocenters. The molecule has 1 fully saturated rings. The second-order valence-corrected chi connectivity index (χ2v) is 3.24. The molecule has 1 N–H and O–H groups in total. The molecule has 1 saturated heterocycles. The third-order valence-electron chi connectivity index (χ3n) is 2.04. The zero-order valence-corrected chi connectivity index (χ0v) is 7.54. The summed E-state index contributed by atoms with van der Waals surface area (Å²) in [7, 11) is 0. The van der Waals surface area contributed by atoms with Crippen LogP contribution in [0.25, 0.3) is 0 Å². The number of carbonyl (C=O) groups is 2. The molecule has 1 aliphatic heterocycles. The van der Waals surface area contributed by atoms with Crippen LogP contribution in [-0.4, -0.2) is 40.6 Å². The summed E-state index contributed by atoms with van der Waals surface area (Å²) in [5, 5.41) is 8.61. The van der Waals surface area contributed by atoms with Crippen molar-refractivity contribution in [2.45, 2.75) is 18.6 Å². The Balaban J connectivity index is 2.89. The molecule has 0 aromatic heterocycles. The van der Waals surface area contributed by atoms with Crippen LogP contribution >= 0.6 is 0 Å². The summed E-state index contributed by atoms with van der Waals surface area (Å²) < 4.78 is 36.2. The van der Waals surface area contributed by atoms with Crippen molar-refractivity contribution >= 4 is 11.9 Å². The summed E-state index contributed by atoms with van der Waals surface area (Å²) in [5.74, 6) is -3.58. The first-order chi connectivity index (χ1) is 6.73. The Labute approximate surface area is 83.0 Å².